The van der Waals surface area contributed by atoms with Crippen LogP contribution in [0.5, 0.6) is 5.75 Å². The van der Waals surface area contributed by atoms with Gasteiger partial charge in [-0.2, -0.15) is 0 Å². The smallest absolute Gasteiger partial charge is 0.416 e. The molecule has 0 radical (unpaired) electrons. The topological polar surface area (TPSA) is 92.8 Å². The molecule has 0 saturated carbocycles. The Bertz CT molecular complexity index is 968. The Morgan fingerprint density at radius 3 is 2.76 bits per heavy atom. The number of anilines is 1. The molecule has 3 aliphatic rings. The summed E-state index contributed by atoms with van der Waals surface area (Å²) < 4.78 is 7.27. The highest BCUT2D eigenvalue weighted by Gasteiger charge is 2.53. The van der Waals surface area contributed by atoms with Gasteiger partial charge in [-0.25, -0.2) is 9.37 Å². The molecule has 10 nitrogen and oxygen atoms in total. The average molecular weight is 398 g/mol. The molecule has 1 unspecified atom stereocenters. The molecule has 0 aromatic heterocycles. The van der Waals surface area contributed by atoms with E-state index in [0.717, 1.165) is 22.0 Å². The zero-order valence-electron chi connectivity index (χ0n) is 16.9. The number of rotatable bonds is 5. The van der Waals surface area contributed by atoms with Crippen molar-refractivity contribution in [2.24, 2.45) is 10.1 Å². The van der Waals surface area contributed by atoms with Crippen LogP contribution in [-0.4, -0.2) is 95.7 Å². The first-order valence-electron chi connectivity index (χ1n) is 9.38. The van der Waals surface area contributed by atoms with Crippen molar-refractivity contribution in [3.8, 4) is 5.75 Å². The van der Waals surface area contributed by atoms with E-state index >= 15 is 0 Å². The summed E-state index contributed by atoms with van der Waals surface area (Å²) in [5, 5.41) is 9.73. The first-order valence-corrected chi connectivity index (χ1v) is 9.38. The lowest BCUT2D eigenvalue weighted by molar-refractivity contribution is -0.527. The van der Waals surface area contributed by atoms with Gasteiger partial charge in [-0.1, -0.05) is 17.1 Å². The van der Waals surface area contributed by atoms with Crippen LogP contribution in [0.25, 0.3) is 0 Å². The van der Waals surface area contributed by atoms with Crippen LogP contribution < -0.4 is 10.1 Å². The number of nitrogens with zero attached hydrogens (tertiary/aromatic N) is 6. The minimum absolute atomic E-state index is 0.274. The van der Waals surface area contributed by atoms with E-state index in [1.165, 1.54) is 11.9 Å². The highest BCUT2D eigenvalue weighted by molar-refractivity contribution is 6.23. The molecule has 4 rings (SSSR count). The van der Waals surface area contributed by atoms with Crippen molar-refractivity contribution in [1.82, 2.24) is 14.8 Å². The van der Waals surface area contributed by atoms with Crippen molar-refractivity contribution < 1.29 is 18.9 Å². The number of hydrogen-bond acceptors (Lipinski definition) is 7. The number of aliphatic imine (C=N–C) groups is 1. The van der Waals surface area contributed by atoms with E-state index in [2.05, 4.69) is 15.4 Å². The molecule has 0 bridgehead atoms. The van der Waals surface area contributed by atoms with Crippen LogP contribution in [-0.2, 0) is 4.79 Å². The Morgan fingerprint density at radius 1 is 1.24 bits per heavy atom. The largest absolute Gasteiger partial charge is 0.495 e. The lowest BCUT2D eigenvalue weighted by atomic mass is 10.1. The van der Waals surface area contributed by atoms with Gasteiger partial charge >= 0.3 is 12.0 Å². The molecule has 3 heterocycles. The fraction of sp³-hybridized carbons (Fsp3) is 0.421. The quantitative estimate of drug-likeness (QED) is 0.728. The second-order valence-corrected chi connectivity index (χ2v) is 7.12. The number of urea groups is 1. The number of methoxy groups -OCH3 is 1. The van der Waals surface area contributed by atoms with E-state index in [4.69, 9.17) is 4.74 Å². The molecule has 1 aromatic carbocycles. The Labute approximate surface area is 168 Å². The van der Waals surface area contributed by atoms with Crippen molar-refractivity contribution in [3.05, 3.63) is 24.3 Å². The van der Waals surface area contributed by atoms with Gasteiger partial charge in [0.2, 0.25) is 11.9 Å². The van der Waals surface area contributed by atoms with Crippen molar-refractivity contribution >= 4 is 35.1 Å². The number of amidine groups is 1. The standard InChI is InChI=1S/C19H24N7O3/c1-12-11-25-15-16(23(2)19(28)24(3)17(15)27)21-18(25)26(22-12)10-9-20-13-7-5-6-8-14(13)29-4/h5-8,15,20H,9-11H2,1-4H3/q+1. The van der Waals surface area contributed by atoms with Crippen LogP contribution in [0.3, 0.4) is 0 Å². The lowest BCUT2D eigenvalue weighted by Crippen LogP contribution is -2.62. The Hall–Kier alpha value is -3.43. The molecular weight excluding hydrogens is 374 g/mol. The number of fused-ring (bicyclic) bond motifs is 2. The highest BCUT2D eigenvalue weighted by Crippen LogP contribution is 2.24. The Morgan fingerprint density at radius 2 is 2.00 bits per heavy atom. The maximum absolute atomic E-state index is 12.8. The minimum atomic E-state index is -0.604. The van der Waals surface area contributed by atoms with E-state index in [9.17, 15) is 9.59 Å². The third-order valence-corrected chi connectivity index (χ3v) is 5.18. The molecule has 1 aromatic rings. The van der Waals surface area contributed by atoms with Crippen LogP contribution in [0, 0.1) is 0 Å². The van der Waals surface area contributed by atoms with E-state index < -0.39 is 6.04 Å². The van der Waals surface area contributed by atoms with Gasteiger partial charge in [-0.3, -0.25) is 14.6 Å². The van der Waals surface area contributed by atoms with Gasteiger partial charge < -0.3 is 10.1 Å². The van der Waals surface area contributed by atoms with Gasteiger partial charge in [0.05, 0.1) is 18.5 Å². The Kier molecular flexibility index (Phi) is 4.69. The number of para-hydroxylation sites is 2. The molecule has 1 N–H and O–H groups in total. The van der Waals surface area contributed by atoms with Crippen molar-refractivity contribution in [3.63, 3.8) is 0 Å². The number of benzene rings is 1. The highest BCUT2D eigenvalue weighted by atomic mass is 16.5. The average Bonchev–Trinajstić information content (AvgIpc) is 3.10. The number of nitrogens with one attached hydrogen (secondary N) is 1. The van der Waals surface area contributed by atoms with Crippen molar-refractivity contribution in [1.29, 1.82) is 0 Å². The molecule has 3 amide bonds. The van der Waals surface area contributed by atoms with Crippen LogP contribution in [0.1, 0.15) is 6.92 Å². The van der Waals surface area contributed by atoms with E-state index in [1.54, 1.807) is 19.2 Å². The molecule has 152 valence electrons. The second-order valence-electron chi connectivity index (χ2n) is 7.12. The van der Waals surface area contributed by atoms with Gasteiger partial charge in [-0.15, -0.1) is 10.1 Å². The normalized spacial score (nSPS) is 21.1. The van der Waals surface area contributed by atoms with Gasteiger partial charge in [0, 0.05) is 20.6 Å². The van der Waals surface area contributed by atoms with Gasteiger partial charge in [0.15, 0.2) is 0 Å². The van der Waals surface area contributed by atoms with Crippen LogP contribution in [0.4, 0.5) is 10.5 Å². The zero-order chi connectivity index (χ0) is 20.7. The van der Waals surface area contributed by atoms with Crippen molar-refractivity contribution in [2.45, 2.75) is 13.0 Å². The monoisotopic (exact) mass is 398 g/mol. The first kappa shape index (κ1) is 18.9. The minimum Gasteiger partial charge on any atom is -0.495 e. The zero-order valence-corrected chi connectivity index (χ0v) is 16.9. The molecule has 0 aliphatic carbocycles. The number of imide groups is 1. The van der Waals surface area contributed by atoms with Gasteiger partial charge in [0.25, 0.3) is 5.91 Å². The molecule has 1 saturated heterocycles. The Balaban J connectivity index is 1.55. The predicted molar refractivity (Wildman–Crippen MR) is 109 cm³/mol. The fourth-order valence-electron chi connectivity index (χ4n) is 3.72. The summed E-state index contributed by atoms with van der Waals surface area (Å²) in [4.78, 5) is 32.2. The van der Waals surface area contributed by atoms with Gasteiger partial charge in [0.1, 0.15) is 18.8 Å². The molecule has 0 spiro atoms. The maximum atomic E-state index is 12.8. The number of amides is 3. The van der Waals surface area contributed by atoms with Crippen LogP contribution in [0.2, 0.25) is 0 Å². The number of likely N-dealkylation sites (N-methyl/N-ethyl adjacent to an activating group) is 2. The molecule has 3 aliphatic heterocycles. The molecule has 1 fully saturated rings. The third kappa shape index (κ3) is 3.10. The third-order valence-electron chi connectivity index (χ3n) is 5.18. The number of hydrazone groups is 1. The summed E-state index contributed by atoms with van der Waals surface area (Å²) in [6.07, 6.45) is 0. The number of hydrogen-bond donors (Lipinski definition) is 1. The number of guanidine groups is 1. The number of ether oxygens (including phenoxy) is 1. The second kappa shape index (κ2) is 7.19. The summed E-state index contributed by atoms with van der Waals surface area (Å²) in [5.41, 5.74) is 1.76. The van der Waals surface area contributed by atoms with E-state index in [-0.39, 0.29) is 11.9 Å². The van der Waals surface area contributed by atoms with Crippen LogP contribution in [0.15, 0.2) is 34.4 Å². The number of carbonyl (C=O) groups excluding carboxylic acids is 2. The van der Waals surface area contributed by atoms with Gasteiger partial charge in [-0.05, 0) is 19.1 Å². The summed E-state index contributed by atoms with van der Waals surface area (Å²) in [5.74, 6) is 1.52. The summed E-state index contributed by atoms with van der Waals surface area (Å²) in [6.45, 7) is 3.53. The van der Waals surface area contributed by atoms with Crippen molar-refractivity contribution in [2.75, 3.05) is 46.2 Å². The van der Waals surface area contributed by atoms with E-state index in [1.807, 2.05) is 35.8 Å². The summed E-state index contributed by atoms with van der Waals surface area (Å²) >= 11 is 0. The fourth-order valence-corrected chi connectivity index (χ4v) is 3.72. The summed E-state index contributed by atoms with van der Waals surface area (Å²) in [7, 11) is 4.77. The number of carbonyl (C=O) groups is 2. The molecule has 1 atom stereocenters. The predicted octanol–water partition coefficient (Wildman–Crippen LogP) is 0.472. The van der Waals surface area contributed by atoms with Crippen LogP contribution >= 0.6 is 0 Å². The molecule has 29 heavy (non-hydrogen) atoms. The molecule has 10 heteroatoms. The SMILES string of the molecule is COc1ccccc1NCCN1N=C(C)C[N+]2=C1N=C1C2C(=O)N(C)C(=O)N1C. The molecular formula is C19H24N7O3+. The maximum Gasteiger partial charge on any atom is 0.416 e. The lowest BCUT2D eigenvalue weighted by Gasteiger charge is -2.32. The van der Waals surface area contributed by atoms with E-state index in [0.29, 0.717) is 31.4 Å². The first-order chi connectivity index (χ1) is 13.9. The summed E-state index contributed by atoms with van der Waals surface area (Å²) in [6, 6.07) is 6.71.